The number of hydrogen-bond acceptors (Lipinski definition) is 4. The third kappa shape index (κ3) is 2.89. The normalized spacial score (nSPS) is 13.0. The molecule has 0 bridgehead atoms. The van der Waals surface area contributed by atoms with E-state index in [9.17, 15) is 5.11 Å². The van der Waals surface area contributed by atoms with Crippen LogP contribution in [0.4, 0.5) is 0 Å². The molecule has 0 spiro atoms. The van der Waals surface area contributed by atoms with Crippen LogP contribution in [0.2, 0.25) is 0 Å². The minimum Gasteiger partial charge on any atom is -0.493 e. The summed E-state index contributed by atoms with van der Waals surface area (Å²) in [6, 6.07) is 2.05. The van der Waals surface area contributed by atoms with Gasteiger partial charge in [0.15, 0.2) is 5.75 Å². The summed E-state index contributed by atoms with van der Waals surface area (Å²) in [5, 5.41) is 14.9. The van der Waals surface area contributed by atoms with Crippen molar-refractivity contribution < 1.29 is 9.84 Å². The Morgan fingerprint density at radius 2 is 2.11 bits per heavy atom. The predicted octanol–water partition coefficient (Wildman–Crippen LogP) is 4.14. The van der Waals surface area contributed by atoms with Crippen LogP contribution >= 0.6 is 43.2 Å². The first-order chi connectivity index (χ1) is 8.95. The van der Waals surface area contributed by atoms with Crippen molar-refractivity contribution in [3.8, 4) is 5.75 Å². The maximum Gasteiger partial charge on any atom is 0.163 e. The molecule has 0 radical (unpaired) electrons. The van der Waals surface area contributed by atoms with Gasteiger partial charge in [-0.15, -0.1) is 11.3 Å². The zero-order valence-corrected chi connectivity index (χ0v) is 14.7. The van der Waals surface area contributed by atoms with Gasteiger partial charge in [0, 0.05) is 15.4 Å². The Balaban J connectivity index is 2.47. The first kappa shape index (κ1) is 15.0. The number of methoxy groups -OCH3 is 1. The van der Waals surface area contributed by atoms with Crippen LogP contribution in [0, 0.1) is 0 Å². The predicted molar refractivity (Wildman–Crippen MR) is 82.9 cm³/mol. The molecule has 0 saturated heterocycles. The quantitative estimate of drug-likeness (QED) is 0.825. The molecule has 2 aromatic rings. The van der Waals surface area contributed by atoms with Crippen LogP contribution < -0.4 is 4.74 Å². The summed E-state index contributed by atoms with van der Waals surface area (Å²) in [7, 11) is 1.58. The van der Waals surface area contributed by atoms with E-state index in [1.165, 1.54) is 11.3 Å². The van der Waals surface area contributed by atoms with Crippen LogP contribution in [0.5, 0.6) is 5.75 Å². The number of aliphatic hydroxyl groups excluding tert-OH is 1. The van der Waals surface area contributed by atoms with E-state index >= 15 is 0 Å². The summed E-state index contributed by atoms with van der Waals surface area (Å²) < 4.78 is 8.96. The van der Waals surface area contributed by atoms with E-state index in [-0.39, 0.29) is 6.04 Å². The molecule has 104 valence electrons. The SMILES string of the molecule is COc1cnn(C(C)C)c1C(O)c1cc(Br)c(Br)s1. The Hall–Kier alpha value is -0.370. The molecule has 1 N–H and O–H groups in total. The molecule has 0 aromatic carbocycles. The maximum atomic E-state index is 10.6. The van der Waals surface area contributed by atoms with Gasteiger partial charge in [-0.3, -0.25) is 4.68 Å². The second-order valence-electron chi connectivity index (χ2n) is 4.31. The van der Waals surface area contributed by atoms with Gasteiger partial charge >= 0.3 is 0 Å². The highest BCUT2D eigenvalue weighted by Crippen LogP contribution is 2.40. The summed E-state index contributed by atoms with van der Waals surface area (Å²) >= 11 is 8.35. The van der Waals surface area contributed by atoms with E-state index in [1.54, 1.807) is 18.0 Å². The largest absolute Gasteiger partial charge is 0.493 e. The maximum absolute atomic E-state index is 10.6. The van der Waals surface area contributed by atoms with Gasteiger partial charge in [0.2, 0.25) is 0 Å². The number of ether oxygens (including phenoxy) is 1. The molecular formula is C12H14Br2N2O2S. The summed E-state index contributed by atoms with van der Waals surface area (Å²) in [5.41, 5.74) is 0.679. The lowest BCUT2D eigenvalue weighted by Gasteiger charge is -2.16. The van der Waals surface area contributed by atoms with E-state index in [0.29, 0.717) is 11.4 Å². The van der Waals surface area contributed by atoms with Crippen molar-refractivity contribution in [2.45, 2.75) is 26.0 Å². The molecule has 2 aromatic heterocycles. The number of nitrogens with zero attached hydrogens (tertiary/aromatic N) is 2. The summed E-state index contributed by atoms with van der Waals surface area (Å²) in [5.74, 6) is 0.599. The highest BCUT2D eigenvalue weighted by Gasteiger charge is 2.24. The molecule has 19 heavy (non-hydrogen) atoms. The van der Waals surface area contributed by atoms with Crippen molar-refractivity contribution in [1.29, 1.82) is 0 Å². The summed E-state index contributed by atoms with van der Waals surface area (Å²) in [6.45, 7) is 4.03. The molecular weight excluding hydrogens is 396 g/mol. The van der Waals surface area contributed by atoms with E-state index < -0.39 is 6.10 Å². The van der Waals surface area contributed by atoms with Crippen molar-refractivity contribution in [3.63, 3.8) is 0 Å². The molecule has 0 aliphatic heterocycles. The van der Waals surface area contributed by atoms with Crippen LogP contribution in [0.25, 0.3) is 0 Å². The summed E-state index contributed by atoms with van der Waals surface area (Å²) in [6.07, 6.45) is 0.878. The van der Waals surface area contributed by atoms with E-state index in [2.05, 4.69) is 37.0 Å². The third-order valence-corrected chi connectivity index (χ3v) is 6.01. The van der Waals surface area contributed by atoms with Crippen LogP contribution in [-0.2, 0) is 0 Å². The zero-order chi connectivity index (χ0) is 14.2. The average molecular weight is 410 g/mol. The first-order valence-corrected chi connectivity index (χ1v) is 8.10. The van der Waals surface area contributed by atoms with E-state index in [1.807, 2.05) is 19.9 Å². The lowest BCUT2D eigenvalue weighted by molar-refractivity contribution is 0.203. The minimum atomic E-state index is -0.757. The Bertz CT molecular complexity index is 561. The van der Waals surface area contributed by atoms with Crippen LogP contribution in [0.1, 0.15) is 36.6 Å². The number of aromatic nitrogens is 2. The van der Waals surface area contributed by atoms with E-state index in [0.717, 1.165) is 13.1 Å². The fourth-order valence-electron chi connectivity index (χ4n) is 1.82. The van der Waals surface area contributed by atoms with Crippen LogP contribution in [-0.4, -0.2) is 22.0 Å². The highest BCUT2D eigenvalue weighted by molar-refractivity contribution is 9.13. The molecule has 7 heteroatoms. The van der Waals surface area contributed by atoms with Gasteiger partial charge in [-0.1, -0.05) is 0 Å². The van der Waals surface area contributed by atoms with Crippen molar-refractivity contribution in [2.75, 3.05) is 7.11 Å². The first-order valence-electron chi connectivity index (χ1n) is 5.69. The number of halogens is 2. The number of thiophene rings is 1. The monoisotopic (exact) mass is 408 g/mol. The molecule has 0 aliphatic rings. The van der Waals surface area contributed by atoms with Crippen molar-refractivity contribution in [1.82, 2.24) is 9.78 Å². The lowest BCUT2D eigenvalue weighted by atomic mass is 10.2. The van der Waals surface area contributed by atoms with Crippen molar-refractivity contribution in [2.24, 2.45) is 0 Å². The zero-order valence-electron chi connectivity index (χ0n) is 10.7. The minimum absolute atomic E-state index is 0.153. The molecule has 0 amide bonds. The summed E-state index contributed by atoms with van der Waals surface area (Å²) in [4.78, 5) is 0.833. The molecule has 1 unspecified atom stereocenters. The van der Waals surface area contributed by atoms with Gasteiger partial charge in [0.25, 0.3) is 0 Å². The molecule has 2 heterocycles. The number of aliphatic hydroxyl groups is 1. The topological polar surface area (TPSA) is 47.3 Å². The fraction of sp³-hybridized carbons (Fsp3) is 0.417. The molecule has 0 fully saturated rings. The Labute approximate surface area is 132 Å². The number of rotatable bonds is 4. The average Bonchev–Trinajstić information content (AvgIpc) is 2.93. The Morgan fingerprint density at radius 1 is 1.42 bits per heavy atom. The van der Waals surface area contributed by atoms with Gasteiger partial charge in [-0.2, -0.15) is 5.10 Å². The van der Waals surface area contributed by atoms with Gasteiger partial charge in [-0.25, -0.2) is 0 Å². The van der Waals surface area contributed by atoms with Crippen LogP contribution in [0.3, 0.4) is 0 Å². The van der Waals surface area contributed by atoms with Gasteiger partial charge in [-0.05, 0) is 51.8 Å². The molecule has 0 saturated carbocycles. The molecule has 0 aliphatic carbocycles. The Kier molecular flexibility index (Phi) is 4.70. The molecule has 4 nitrogen and oxygen atoms in total. The second-order valence-corrected chi connectivity index (χ2v) is 7.57. The Morgan fingerprint density at radius 3 is 2.58 bits per heavy atom. The van der Waals surface area contributed by atoms with Gasteiger partial charge < -0.3 is 9.84 Å². The van der Waals surface area contributed by atoms with Crippen molar-refractivity contribution in [3.05, 3.63) is 31.1 Å². The van der Waals surface area contributed by atoms with Crippen LogP contribution in [0.15, 0.2) is 20.5 Å². The third-order valence-electron chi connectivity index (χ3n) is 2.70. The standard InChI is InChI=1S/C12H14Br2N2O2S/c1-6(2)16-10(8(18-3)5-15-16)11(17)9-4-7(13)12(14)19-9/h4-6,11,17H,1-3H3. The lowest BCUT2D eigenvalue weighted by Crippen LogP contribution is -2.12. The molecule has 2 rings (SSSR count). The molecule has 1 atom stereocenters. The van der Waals surface area contributed by atoms with Crippen molar-refractivity contribution >= 4 is 43.2 Å². The van der Waals surface area contributed by atoms with Gasteiger partial charge in [0.05, 0.1) is 17.1 Å². The fourth-order valence-corrected chi connectivity index (χ4v) is 3.90. The highest BCUT2D eigenvalue weighted by atomic mass is 79.9. The van der Waals surface area contributed by atoms with Gasteiger partial charge in [0.1, 0.15) is 11.8 Å². The smallest absolute Gasteiger partial charge is 0.163 e. The van der Waals surface area contributed by atoms with E-state index in [4.69, 9.17) is 4.74 Å². The number of hydrogen-bond donors (Lipinski definition) is 1. The second kappa shape index (κ2) is 5.95.